The van der Waals surface area contributed by atoms with E-state index in [-0.39, 0.29) is 0 Å². The molecule has 4 heteroatoms. The number of aromatic amines is 1. The van der Waals surface area contributed by atoms with Gasteiger partial charge in [-0.1, -0.05) is 26.7 Å². The van der Waals surface area contributed by atoms with Crippen LogP contribution in [0, 0.1) is 4.77 Å². The molecule has 0 aliphatic heterocycles. The average molecular weight is 270 g/mol. The van der Waals surface area contributed by atoms with Gasteiger partial charge in [-0.25, -0.2) is 0 Å². The van der Waals surface area contributed by atoms with Crippen molar-refractivity contribution in [3.63, 3.8) is 0 Å². The Balaban J connectivity index is 2.28. The summed E-state index contributed by atoms with van der Waals surface area (Å²) in [7, 11) is 0. The molecular weight excluding hydrogens is 248 g/mol. The van der Waals surface area contributed by atoms with Gasteiger partial charge in [0.1, 0.15) is 0 Å². The molecule has 2 nitrogen and oxygen atoms in total. The Kier molecular flexibility index (Phi) is 4.03. The SMILES string of the molecule is CSC1(Cn2c(C(C)C)c[nH]c2=S)CCCC1. The number of hydrogen-bond donors (Lipinski definition) is 1. The topological polar surface area (TPSA) is 20.7 Å². The van der Waals surface area contributed by atoms with Crippen LogP contribution in [0.2, 0.25) is 0 Å². The summed E-state index contributed by atoms with van der Waals surface area (Å²) in [6, 6.07) is 0. The Morgan fingerprint density at radius 2 is 2.12 bits per heavy atom. The fraction of sp³-hybridized carbons (Fsp3) is 0.769. The van der Waals surface area contributed by atoms with E-state index in [2.05, 4.69) is 35.9 Å². The first-order valence-electron chi connectivity index (χ1n) is 6.41. The third-order valence-electron chi connectivity index (χ3n) is 3.89. The molecule has 0 atom stereocenters. The van der Waals surface area contributed by atoms with E-state index in [1.165, 1.54) is 31.4 Å². The molecule has 1 N–H and O–H groups in total. The van der Waals surface area contributed by atoms with Gasteiger partial charge in [0, 0.05) is 23.2 Å². The highest BCUT2D eigenvalue weighted by Gasteiger charge is 2.34. The smallest absolute Gasteiger partial charge is 0.177 e. The van der Waals surface area contributed by atoms with Gasteiger partial charge in [-0.05, 0) is 37.2 Å². The number of nitrogens with zero attached hydrogens (tertiary/aromatic N) is 1. The Morgan fingerprint density at radius 1 is 1.47 bits per heavy atom. The zero-order chi connectivity index (χ0) is 12.5. The molecule has 1 aromatic heterocycles. The summed E-state index contributed by atoms with van der Waals surface area (Å²) in [6.07, 6.45) is 9.73. The Bertz CT molecular complexity index is 425. The van der Waals surface area contributed by atoms with Crippen LogP contribution >= 0.6 is 24.0 Å². The standard InChI is InChI=1S/C13H22N2S2/c1-10(2)11-8-14-12(16)15(11)9-13(17-3)6-4-5-7-13/h8,10H,4-7,9H2,1-3H3,(H,14,16). The molecule has 1 fully saturated rings. The van der Waals surface area contributed by atoms with Crippen molar-refractivity contribution < 1.29 is 0 Å². The van der Waals surface area contributed by atoms with Crippen molar-refractivity contribution in [1.82, 2.24) is 9.55 Å². The van der Waals surface area contributed by atoms with E-state index in [9.17, 15) is 0 Å². The first-order valence-corrected chi connectivity index (χ1v) is 8.04. The predicted molar refractivity (Wildman–Crippen MR) is 78.4 cm³/mol. The predicted octanol–water partition coefficient (Wildman–Crippen LogP) is 4.34. The van der Waals surface area contributed by atoms with Crippen LogP contribution in [0.5, 0.6) is 0 Å². The number of imidazole rings is 1. The van der Waals surface area contributed by atoms with E-state index in [0.717, 1.165) is 11.3 Å². The maximum Gasteiger partial charge on any atom is 0.177 e. The second-order valence-electron chi connectivity index (χ2n) is 5.35. The fourth-order valence-corrected chi connectivity index (χ4v) is 3.97. The van der Waals surface area contributed by atoms with Gasteiger partial charge in [-0.2, -0.15) is 11.8 Å². The molecule has 0 spiro atoms. The van der Waals surface area contributed by atoms with Gasteiger partial charge >= 0.3 is 0 Å². The molecule has 1 saturated carbocycles. The van der Waals surface area contributed by atoms with E-state index >= 15 is 0 Å². The molecular formula is C13H22N2S2. The molecule has 0 saturated heterocycles. The average Bonchev–Trinajstić information content (AvgIpc) is 2.89. The van der Waals surface area contributed by atoms with Crippen molar-refractivity contribution in [1.29, 1.82) is 0 Å². The number of rotatable bonds is 4. The molecule has 1 aliphatic carbocycles. The molecule has 1 aromatic rings. The number of hydrogen-bond acceptors (Lipinski definition) is 2. The van der Waals surface area contributed by atoms with Crippen LogP contribution in [-0.2, 0) is 6.54 Å². The van der Waals surface area contributed by atoms with Crippen LogP contribution in [0.25, 0.3) is 0 Å². The van der Waals surface area contributed by atoms with E-state index in [1.54, 1.807) is 0 Å². The highest BCUT2D eigenvalue weighted by Crippen LogP contribution is 2.42. The van der Waals surface area contributed by atoms with Crippen molar-refractivity contribution in [2.75, 3.05) is 6.26 Å². The first-order chi connectivity index (χ1) is 8.08. The second-order valence-corrected chi connectivity index (χ2v) is 7.01. The Hall–Kier alpha value is -0.220. The zero-order valence-corrected chi connectivity index (χ0v) is 12.6. The van der Waals surface area contributed by atoms with Crippen LogP contribution in [-0.4, -0.2) is 20.6 Å². The first kappa shape index (κ1) is 13.2. The third kappa shape index (κ3) is 2.63. The number of H-pyrrole nitrogens is 1. The van der Waals surface area contributed by atoms with Crippen molar-refractivity contribution in [3.05, 3.63) is 16.7 Å². The summed E-state index contributed by atoms with van der Waals surface area (Å²) in [4.78, 5) is 3.20. The summed E-state index contributed by atoms with van der Waals surface area (Å²) in [5.74, 6) is 0.531. The highest BCUT2D eigenvalue weighted by atomic mass is 32.2. The second kappa shape index (κ2) is 5.19. The van der Waals surface area contributed by atoms with Crippen molar-refractivity contribution in [3.8, 4) is 0 Å². The Morgan fingerprint density at radius 3 is 2.65 bits per heavy atom. The summed E-state index contributed by atoms with van der Waals surface area (Å²) in [6.45, 7) is 5.54. The lowest BCUT2D eigenvalue weighted by molar-refractivity contribution is 0.485. The molecule has 0 bridgehead atoms. The third-order valence-corrected chi connectivity index (χ3v) is 5.63. The van der Waals surface area contributed by atoms with Gasteiger partial charge in [0.05, 0.1) is 0 Å². The minimum Gasteiger partial charge on any atom is -0.337 e. The summed E-state index contributed by atoms with van der Waals surface area (Å²) in [5, 5.41) is 0. The molecule has 0 amide bonds. The van der Waals surface area contributed by atoms with Crippen LogP contribution in [0.1, 0.15) is 51.1 Å². The minimum absolute atomic E-state index is 0.421. The number of aromatic nitrogens is 2. The summed E-state index contributed by atoms with van der Waals surface area (Å²) < 4.78 is 3.63. The molecule has 1 heterocycles. The van der Waals surface area contributed by atoms with Crippen LogP contribution in [0.4, 0.5) is 0 Å². The molecule has 1 aliphatic rings. The largest absolute Gasteiger partial charge is 0.337 e. The molecule has 0 radical (unpaired) electrons. The lowest BCUT2D eigenvalue weighted by atomic mass is 10.1. The number of nitrogens with one attached hydrogen (secondary N) is 1. The van der Waals surface area contributed by atoms with E-state index in [1.807, 2.05) is 11.8 Å². The van der Waals surface area contributed by atoms with Crippen LogP contribution in [0.15, 0.2) is 6.20 Å². The monoisotopic (exact) mass is 270 g/mol. The maximum absolute atomic E-state index is 5.42. The summed E-state index contributed by atoms with van der Waals surface area (Å²) >= 11 is 7.45. The van der Waals surface area contributed by atoms with Gasteiger partial charge in [0.15, 0.2) is 4.77 Å². The Labute approximate surface area is 113 Å². The van der Waals surface area contributed by atoms with Crippen molar-refractivity contribution in [2.45, 2.75) is 56.7 Å². The van der Waals surface area contributed by atoms with Crippen molar-refractivity contribution in [2.24, 2.45) is 0 Å². The van der Waals surface area contributed by atoms with Crippen LogP contribution < -0.4 is 0 Å². The van der Waals surface area contributed by atoms with Gasteiger partial charge in [-0.15, -0.1) is 0 Å². The highest BCUT2D eigenvalue weighted by molar-refractivity contribution is 8.00. The maximum atomic E-state index is 5.42. The number of thioether (sulfide) groups is 1. The normalized spacial score (nSPS) is 19.1. The van der Waals surface area contributed by atoms with E-state index in [0.29, 0.717) is 10.7 Å². The van der Waals surface area contributed by atoms with Gasteiger partial charge in [-0.3, -0.25) is 0 Å². The quantitative estimate of drug-likeness (QED) is 0.821. The minimum atomic E-state index is 0.421. The van der Waals surface area contributed by atoms with Gasteiger partial charge in [0.2, 0.25) is 0 Å². The molecule has 0 unspecified atom stereocenters. The van der Waals surface area contributed by atoms with E-state index in [4.69, 9.17) is 12.2 Å². The van der Waals surface area contributed by atoms with E-state index < -0.39 is 0 Å². The molecule has 0 aromatic carbocycles. The zero-order valence-electron chi connectivity index (χ0n) is 11.0. The lowest BCUT2D eigenvalue weighted by Gasteiger charge is -2.28. The molecule has 96 valence electrons. The fourth-order valence-electron chi connectivity index (χ4n) is 2.78. The van der Waals surface area contributed by atoms with Gasteiger partial charge in [0.25, 0.3) is 0 Å². The van der Waals surface area contributed by atoms with Crippen molar-refractivity contribution >= 4 is 24.0 Å². The molecule has 2 rings (SSSR count). The lowest BCUT2D eigenvalue weighted by Crippen LogP contribution is -2.28. The van der Waals surface area contributed by atoms with Crippen LogP contribution in [0.3, 0.4) is 0 Å². The summed E-state index contributed by atoms with van der Waals surface area (Å²) in [5.41, 5.74) is 1.34. The molecule has 17 heavy (non-hydrogen) atoms. The van der Waals surface area contributed by atoms with Gasteiger partial charge < -0.3 is 9.55 Å².